The number of benzene rings is 4. The van der Waals surface area contributed by atoms with Crippen LogP contribution in [0.15, 0.2) is 196 Å². The Hall–Kier alpha value is -12.8. The van der Waals surface area contributed by atoms with Crippen molar-refractivity contribution in [2.45, 2.75) is 164 Å². The van der Waals surface area contributed by atoms with Crippen LogP contribution in [-0.4, -0.2) is 175 Å². The van der Waals surface area contributed by atoms with Crippen LogP contribution >= 0.6 is 34.8 Å². The van der Waals surface area contributed by atoms with Gasteiger partial charge in [-0.25, -0.2) is 59.0 Å². The van der Waals surface area contributed by atoms with Gasteiger partial charge < -0.3 is 60.0 Å². The second-order valence-electron chi connectivity index (χ2n) is 32.3. The van der Waals surface area contributed by atoms with E-state index < -0.39 is 31.5 Å². The molecular weight excluding hydrogens is 1630 g/mol. The molecule has 0 radical (unpaired) electrons. The summed E-state index contributed by atoms with van der Waals surface area (Å²) < 4.78 is 47.8. The summed E-state index contributed by atoms with van der Waals surface area (Å²) in [6.07, 6.45) is 21.2. The number of nitrogens with one attached hydrogen (secondary N) is 6. The molecule has 4 aromatic carbocycles. The Bertz CT molecular complexity index is 5860. The first-order chi connectivity index (χ1) is 61.3. The van der Waals surface area contributed by atoms with Crippen LogP contribution < -0.4 is 51.5 Å². The van der Waals surface area contributed by atoms with Gasteiger partial charge in [0.05, 0.1) is 105 Å². The van der Waals surface area contributed by atoms with E-state index >= 15 is 0 Å². The summed E-state index contributed by atoms with van der Waals surface area (Å²) in [5.74, 6) is 3.93. The van der Waals surface area contributed by atoms with Gasteiger partial charge in [-0.3, -0.25) is 19.6 Å². The predicted molar refractivity (Wildman–Crippen MR) is 487 cm³/mol. The monoisotopic (exact) mass is 1740 g/mol. The minimum atomic E-state index is -2.95. The van der Waals surface area contributed by atoms with E-state index in [1.54, 1.807) is 108 Å². The maximum Gasteiger partial charge on any atom is 0.326 e. The first-order valence-electron chi connectivity index (χ1n) is 43.6. The van der Waals surface area contributed by atoms with Crippen molar-refractivity contribution >= 4 is 106 Å². The van der Waals surface area contributed by atoms with Gasteiger partial charge in [0.15, 0.2) is 0 Å². The third kappa shape index (κ3) is 20.7. The Morgan fingerprint density at radius 2 is 0.750 bits per heavy atom. The van der Waals surface area contributed by atoms with Crippen LogP contribution in [0.1, 0.15) is 156 Å². The van der Waals surface area contributed by atoms with Crippen LogP contribution in [0, 0.1) is 30.6 Å². The SMILES string of the molecule is CC(C)[C@H]1[C@@H](C)N(C)C(=O)N1c1ccnc(N[C@@H](C)c2cn(-c3ccc(Cl)cc3)cn2)n1.CC(C)[C@H]1[C@H](C)NC(=O)N1c1ccnc(N[C@@H](C)c2cn(-c3ccc(Cl)cc3)cn2)n1.Cc1ccc(-n2cnc([C@H](C)Nc3nccc(N4C(=O)NC[C@@H]4C(C)C)n3)c2)cc1.[2H]C([2H])([2H])N1C(=O)N(c2ccnc(N[C@@H](C)c3cn(-c4ccc(Cl)cc4)cn3)n2)[C@@H](C(C)C)C1([2H])[2H]. The minimum Gasteiger partial charge on any atom is -0.346 e. The molecule has 4 aliphatic heterocycles. The van der Waals surface area contributed by atoms with Crippen molar-refractivity contribution in [3.63, 3.8) is 0 Å². The number of rotatable bonds is 24. The molecule has 10 atom stereocenters. The molecule has 16 rings (SSSR count). The van der Waals surface area contributed by atoms with Crippen molar-refractivity contribution in [2.75, 3.05) is 67.9 Å². The highest BCUT2D eigenvalue weighted by atomic mass is 35.5. The Labute approximate surface area is 744 Å². The predicted octanol–water partition coefficient (Wildman–Crippen LogP) is 17.3. The zero-order valence-corrected chi connectivity index (χ0v) is 74.1. The Morgan fingerprint density at radius 1 is 0.411 bits per heavy atom. The third-order valence-corrected chi connectivity index (χ3v) is 22.6. The maximum absolute atomic E-state index is 13.1. The smallest absolute Gasteiger partial charge is 0.326 e. The number of carbonyl (C=O) groups is 4. The number of aryl methyl sites for hydroxylation is 1. The van der Waals surface area contributed by atoms with Crippen LogP contribution in [-0.2, 0) is 0 Å². The lowest BCUT2D eigenvalue weighted by atomic mass is 9.97. The molecule has 8 aromatic heterocycles. The number of halogens is 3. The van der Waals surface area contributed by atoms with Gasteiger partial charge in [0.25, 0.3) is 0 Å². The molecule has 4 saturated heterocycles. The van der Waals surface area contributed by atoms with Gasteiger partial charge in [-0.2, -0.15) is 19.9 Å². The van der Waals surface area contributed by atoms with E-state index in [-0.39, 0.29) is 90.2 Å². The molecule has 12 heterocycles. The van der Waals surface area contributed by atoms with Crippen molar-refractivity contribution in [2.24, 2.45) is 23.7 Å². The maximum atomic E-state index is 13.1. The summed E-state index contributed by atoms with van der Waals surface area (Å²) >= 11 is 17.9. The molecule has 0 bridgehead atoms. The van der Waals surface area contributed by atoms with E-state index in [0.717, 1.165) is 44.7 Å². The van der Waals surface area contributed by atoms with E-state index in [2.05, 4.69) is 171 Å². The number of hydrogen-bond acceptors (Lipinski definition) is 20. The molecule has 124 heavy (non-hydrogen) atoms. The molecule has 8 amide bonds. The zero-order chi connectivity index (χ0) is 92.8. The molecule has 6 N–H and O–H groups in total. The molecular formula is C89H107Cl3N28O4. The van der Waals surface area contributed by atoms with Crippen LogP contribution in [0.3, 0.4) is 0 Å². The number of nitrogens with zero attached hydrogens (tertiary/aromatic N) is 22. The fourth-order valence-corrected chi connectivity index (χ4v) is 15.4. The second-order valence-corrected chi connectivity index (χ2v) is 33.6. The highest BCUT2D eigenvalue weighted by molar-refractivity contribution is 6.31. The van der Waals surface area contributed by atoms with Gasteiger partial charge in [0.1, 0.15) is 23.3 Å². The number of urea groups is 4. The lowest BCUT2D eigenvalue weighted by Gasteiger charge is -2.28. The molecule has 12 aromatic rings. The summed E-state index contributed by atoms with van der Waals surface area (Å²) in [5.41, 5.74) is 8.40. The molecule has 4 aliphatic rings. The number of likely N-dealkylation sites (N-methyl/N-ethyl adjacent to an activating group) is 2. The van der Waals surface area contributed by atoms with Gasteiger partial charge in [-0.05, 0) is 181 Å². The number of aromatic nitrogens is 16. The van der Waals surface area contributed by atoms with Crippen LogP contribution in [0.5, 0.6) is 0 Å². The van der Waals surface area contributed by atoms with Gasteiger partial charge in [0, 0.05) is 125 Å². The highest BCUT2D eigenvalue weighted by Gasteiger charge is 2.45. The first-order valence-corrected chi connectivity index (χ1v) is 42.2. The quantitative estimate of drug-likeness (QED) is 0.0327. The molecule has 0 saturated carbocycles. The summed E-state index contributed by atoms with van der Waals surface area (Å²) in [4.78, 5) is 113. The van der Waals surface area contributed by atoms with Gasteiger partial charge in [-0.15, -0.1) is 0 Å². The van der Waals surface area contributed by atoms with Gasteiger partial charge >= 0.3 is 24.1 Å². The number of anilines is 8. The van der Waals surface area contributed by atoms with E-state index in [0.29, 0.717) is 79.3 Å². The van der Waals surface area contributed by atoms with Crippen molar-refractivity contribution in [3.8, 4) is 22.7 Å². The van der Waals surface area contributed by atoms with E-state index in [1.165, 1.54) is 17.8 Å². The number of hydrogen-bond donors (Lipinski definition) is 6. The summed E-state index contributed by atoms with van der Waals surface area (Å²) in [5, 5.41) is 20.9. The van der Waals surface area contributed by atoms with Crippen LogP contribution in [0.25, 0.3) is 22.7 Å². The molecule has 648 valence electrons. The molecule has 0 spiro atoms. The minimum absolute atomic E-state index is 0.0303. The van der Waals surface area contributed by atoms with Crippen molar-refractivity contribution in [1.82, 2.24) is 98.5 Å². The molecule has 0 unspecified atom stereocenters. The highest BCUT2D eigenvalue weighted by Crippen LogP contribution is 2.35. The zero-order valence-electron chi connectivity index (χ0n) is 76.9. The van der Waals surface area contributed by atoms with Gasteiger partial charge in [0.2, 0.25) is 23.8 Å². The molecule has 0 aliphatic carbocycles. The molecule has 32 nitrogen and oxygen atoms in total. The average molecular weight is 1740 g/mol. The molecule has 4 fully saturated rings. The summed E-state index contributed by atoms with van der Waals surface area (Å²) in [6, 6.07) is 34.8. The fourth-order valence-electron chi connectivity index (χ4n) is 15.0. The number of imidazole rings is 4. The molecule has 35 heteroatoms. The van der Waals surface area contributed by atoms with E-state index in [9.17, 15) is 19.2 Å². The van der Waals surface area contributed by atoms with Crippen molar-refractivity contribution < 1.29 is 26.0 Å². The van der Waals surface area contributed by atoms with E-state index in [1.807, 2.05) is 145 Å². The van der Waals surface area contributed by atoms with Crippen LogP contribution in [0.4, 0.5) is 66.2 Å². The largest absolute Gasteiger partial charge is 0.346 e. The Morgan fingerprint density at radius 3 is 1.10 bits per heavy atom. The summed E-state index contributed by atoms with van der Waals surface area (Å²) in [6.45, 7) is 25.4. The number of amides is 8. The van der Waals surface area contributed by atoms with E-state index in [4.69, 9.17) is 41.7 Å². The average Bonchev–Trinajstić information content (AvgIpc) is 1.57. The normalized spacial score (nSPS) is 19.6. The Balaban J connectivity index is 0.000000147. The fraction of sp³-hybridized carbons (Fsp3) is 0.371. The van der Waals surface area contributed by atoms with Crippen molar-refractivity contribution in [1.29, 1.82) is 0 Å². The van der Waals surface area contributed by atoms with Gasteiger partial charge in [-0.1, -0.05) is 108 Å². The Kier molecular flexibility index (Phi) is 25.9. The van der Waals surface area contributed by atoms with Crippen LogP contribution in [0.2, 0.25) is 15.1 Å². The second kappa shape index (κ2) is 39.1. The van der Waals surface area contributed by atoms with Crippen molar-refractivity contribution in [3.05, 3.63) is 240 Å². The third-order valence-electron chi connectivity index (χ3n) is 21.8. The lowest BCUT2D eigenvalue weighted by molar-refractivity contribution is 0.219. The standard InChI is InChI=1S/C23H28ClN7O.2C22H26ClN7O.C22H27N7O/c1-14(2)21-16(4)29(5)23(32)31(21)20-10-11-25-22(28-20)27-15(3)19-12-30(13-26-19)18-8-6-17(24)7-9-18;1-14(2)19-12-28(4)22(31)30(19)20-9-10-24-21(27-20)26-15(3)18-11-29(13-25-18)17-7-5-16(23)6-8-17;1-13(2)20-15(4)27-22(31)30(20)19-9-10-24-21(28-19)26-14(3)18-11-29(12-25-18)17-7-5-16(23)6-8-17;1-14(2)19-11-24-22(30)29(19)20-9-10-23-21(27-20)26-16(4)18-12-28(13-25-18)17-7-5-15(3)6-8-17/h6-16,21H,1-5H3,(H,25,27,28);5-11,13-15,19H,12H2,1-4H3,(H,24,26,27);5-15,20H,1-4H3,(H,27,31)(H,24,26,28);5-10,12-14,16,19H,11H2,1-4H3,(H,24,30)(H,23,26,27)/t15-,16+,21-;15-,19+;14-,15-,20-;16-,19+/m0000/s1/i;4D3,12D2;;. The number of carbonyl (C=O) groups excluding carboxylic acids is 4. The topological polar surface area (TPSA) is 334 Å². The first kappa shape index (κ1) is 82.2. The lowest BCUT2D eigenvalue weighted by Crippen LogP contribution is -2.40. The summed E-state index contributed by atoms with van der Waals surface area (Å²) in [7, 11) is 1.84.